The number of hydrogen-bond donors (Lipinski definition) is 1. The molecule has 0 spiro atoms. The van der Waals surface area contributed by atoms with Crippen molar-refractivity contribution in [2.75, 3.05) is 26.7 Å². The number of carbonyl (C=O) groups excluding carboxylic acids is 3. The molecular weight excluding hydrogens is 636 g/mol. The number of benzene rings is 3. The first-order valence-corrected chi connectivity index (χ1v) is 15.7. The maximum Gasteiger partial charge on any atom is 0.242 e. The van der Waals surface area contributed by atoms with Crippen LogP contribution in [0.2, 0.25) is 5.02 Å². The van der Waals surface area contributed by atoms with Crippen LogP contribution in [-0.4, -0.2) is 68.8 Å². The Labute approximate surface area is 262 Å². The molecule has 0 bridgehead atoms. The molecule has 6 rings (SSSR count). The molecule has 3 heterocycles. The van der Waals surface area contributed by atoms with Gasteiger partial charge in [-0.3, -0.25) is 14.4 Å². The lowest BCUT2D eigenvalue weighted by Gasteiger charge is -2.41. The van der Waals surface area contributed by atoms with Crippen molar-refractivity contribution in [1.82, 2.24) is 19.7 Å². The molecule has 2 aliphatic heterocycles. The minimum atomic E-state index is -1.22. The molecular formula is C32H30BrClN4O3S. The van der Waals surface area contributed by atoms with Gasteiger partial charge in [0.05, 0.1) is 19.0 Å². The number of likely N-dealkylation sites (tertiary alicyclic amines) is 1. The molecule has 216 valence electrons. The van der Waals surface area contributed by atoms with Crippen molar-refractivity contribution in [3.05, 3.63) is 99.1 Å². The van der Waals surface area contributed by atoms with E-state index in [-0.39, 0.29) is 30.7 Å². The van der Waals surface area contributed by atoms with Crippen molar-refractivity contribution < 1.29 is 14.4 Å². The average molecular weight is 666 g/mol. The van der Waals surface area contributed by atoms with Crippen LogP contribution in [0.15, 0.2) is 82.3 Å². The largest absolute Gasteiger partial charge is 0.361 e. The van der Waals surface area contributed by atoms with Crippen LogP contribution in [0.4, 0.5) is 0 Å². The number of amides is 3. The summed E-state index contributed by atoms with van der Waals surface area (Å²) in [5.74, 6) is -0.423. The summed E-state index contributed by atoms with van der Waals surface area (Å²) in [6, 6.07) is 20.9. The minimum Gasteiger partial charge on any atom is -0.361 e. The lowest BCUT2D eigenvalue weighted by molar-refractivity contribution is -0.146. The lowest BCUT2D eigenvalue weighted by atomic mass is 9.90. The summed E-state index contributed by atoms with van der Waals surface area (Å²) < 4.78 is -0.268. The number of H-pyrrole nitrogens is 1. The van der Waals surface area contributed by atoms with E-state index in [0.29, 0.717) is 24.7 Å². The smallest absolute Gasteiger partial charge is 0.242 e. The number of hydrogen-bond acceptors (Lipinski definition) is 4. The number of halogens is 2. The van der Waals surface area contributed by atoms with E-state index in [1.807, 2.05) is 84.8 Å². The molecule has 10 heteroatoms. The third-order valence-corrected chi connectivity index (χ3v) is 10.3. The molecule has 0 aliphatic carbocycles. The van der Waals surface area contributed by atoms with Gasteiger partial charge in [0.1, 0.15) is 4.75 Å². The fourth-order valence-electron chi connectivity index (χ4n) is 5.89. The van der Waals surface area contributed by atoms with Crippen molar-refractivity contribution in [3.63, 3.8) is 0 Å². The zero-order valence-electron chi connectivity index (χ0n) is 23.3. The van der Waals surface area contributed by atoms with Crippen molar-refractivity contribution in [1.29, 1.82) is 0 Å². The van der Waals surface area contributed by atoms with E-state index in [1.165, 1.54) is 11.8 Å². The van der Waals surface area contributed by atoms with Crippen molar-refractivity contribution in [3.8, 4) is 0 Å². The van der Waals surface area contributed by atoms with Gasteiger partial charge in [-0.1, -0.05) is 63.4 Å². The molecule has 7 nitrogen and oxygen atoms in total. The van der Waals surface area contributed by atoms with Gasteiger partial charge < -0.3 is 19.7 Å². The van der Waals surface area contributed by atoms with E-state index < -0.39 is 10.8 Å². The number of likely N-dealkylation sites (N-methyl/N-ethyl adjacent to an activating group) is 1. The van der Waals surface area contributed by atoms with Gasteiger partial charge in [-0.15, -0.1) is 11.8 Å². The fourth-order valence-corrected chi connectivity index (χ4v) is 7.80. The van der Waals surface area contributed by atoms with Crippen LogP contribution in [0.3, 0.4) is 0 Å². The molecule has 42 heavy (non-hydrogen) atoms. The van der Waals surface area contributed by atoms with E-state index in [9.17, 15) is 14.4 Å². The predicted molar refractivity (Wildman–Crippen MR) is 169 cm³/mol. The number of aryl methyl sites for hydroxylation is 1. The number of rotatable bonds is 6. The van der Waals surface area contributed by atoms with Gasteiger partial charge in [0.25, 0.3) is 0 Å². The summed E-state index contributed by atoms with van der Waals surface area (Å²) in [4.78, 5) is 51.1. The number of piperazine rings is 1. The Morgan fingerprint density at radius 3 is 2.50 bits per heavy atom. The molecule has 2 atom stereocenters. The third-order valence-electron chi connectivity index (χ3n) is 8.15. The summed E-state index contributed by atoms with van der Waals surface area (Å²) in [5, 5.41) is 1.49. The van der Waals surface area contributed by atoms with Crippen molar-refractivity contribution in [2.45, 2.75) is 35.6 Å². The van der Waals surface area contributed by atoms with E-state index in [0.717, 1.165) is 37.0 Å². The molecule has 1 aromatic heterocycles. The average Bonchev–Trinajstić information content (AvgIpc) is 3.49. The van der Waals surface area contributed by atoms with Crippen LogP contribution in [0, 0.1) is 6.92 Å². The number of aromatic nitrogens is 1. The Balaban J connectivity index is 1.53. The Morgan fingerprint density at radius 2 is 1.79 bits per heavy atom. The van der Waals surface area contributed by atoms with Gasteiger partial charge in [0.15, 0.2) is 0 Å². The molecule has 0 radical (unpaired) electrons. The Hall–Kier alpha value is -3.27. The van der Waals surface area contributed by atoms with E-state index >= 15 is 0 Å². The topological polar surface area (TPSA) is 76.7 Å². The number of thioether (sulfide) groups is 1. The van der Waals surface area contributed by atoms with Crippen LogP contribution in [-0.2, 0) is 20.9 Å². The van der Waals surface area contributed by atoms with Gasteiger partial charge in [-0.05, 0) is 48.9 Å². The molecule has 2 fully saturated rings. The number of aromatic amines is 1. The summed E-state index contributed by atoms with van der Waals surface area (Å²) in [6.07, 6.45) is 1.90. The number of nitrogens with zero attached hydrogens (tertiary/aromatic N) is 3. The molecule has 3 aromatic carbocycles. The second kappa shape index (κ2) is 11.4. The fraction of sp³-hybridized carbons (Fsp3) is 0.281. The Bertz CT molecular complexity index is 1680. The zero-order chi connectivity index (χ0) is 29.6. The molecule has 4 aromatic rings. The first-order chi connectivity index (χ1) is 20.1. The molecule has 2 aliphatic rings. The van der Waals surface area contributed by atoms with Gasteiger partial charge in [0.2, 0.25) is 17.7 Å². The van der Waals surface area contributed by atoms with Gasteiger partial charge in [-0.25, -0.2) is 0 Å². The van der Waals surface area contributed by atoms with Gasteiger partial charge in [-0.2, -0.15) is 0 Å². The highest BCUT2D eigenvalue weighted by molar-refractivity contribution is 9.10. The highest BCUT2D eigenvalue weighted by atomic mass is 79.9. The van der Waals surface area contributed by atoms with Crippen LogP contribution in [0.1, 0.15) is 29.2 Å². The lowest BCUT2D eigenvalue weighted by Crippen LogP contribution is -2.57. The molecule has 1 N–H and O–H groups in total. The Morgan fingerprint density at radius 1 is 1.05 bits per heavy atom. The van der Waals surface area contributed by atoms with Crippen LogP contribution < -0.4 is 0 Å². The van der Waals surface area contributed by atoms with E-state index in [2.05, 4.69) is 20.9 Å². The maximum atomic E-state index is 14.8. The van der Waals surface area contributed by atoms with Crippen molar-refractivity contribution >= 4 is 67.9 Å². The third kappa shape index (κ3) is 5.34. The highest BCUT2D eigenvalue weighted by Gasteiger charge is 2.60. The highest BCUT2D eigenvalue weighted by Crippen LogP contribution is 2.55. The Kier molecular flexibility index (Phi) is 7.85. The van der Waals surface area contributed by atoms with Gasteiger partial charge in [0, 0.05) is 63.7 Å². The maximum absolute atomic E-state index is 14.8. The van der Waals surface area contributed by atoms with Crippen molar-refractivity contribution in [2.24, 2.45) is 0 Å². The summed E-state index contributed by atoms with van der Waals surface area (Å²) in [7, 11) is 1.75. The van der Waals surface area contributed by atoms with Gasteiger partial charge >= 0.3 is 0 Å². The summed E-state index contributed by atoms with van der Waals surface area (Å²) >= 11 is 11.2. The summed E-state index contributed by atoms with van der Waals surface area (Å²) in [5.41, 5.74) is 3.74. The monoisotopic (exact) mass is 664 g/mol. The second-order valence-corrected chi connectivity index (χ2v) is 13.8. The first kappa shape index (κ1) is 28.8. The minimum absolute atomic E-state index is 0.00631. The summed E-state index contributed by atoms with van der Waals surface area (Å²) in [6.45, 7) is 3.20. The first-order valence-electron chi connectivity index (χ1n) is 13.7. The molecule has 3 amide bonds. The second-order valence-electron chi connectivity index (χ2n) is 11.0. The SMILES string of the molecule is Cc1ccc(S[C@@]2(C(=O)N3CCN(C)C(=O)C3)CC(=O)N(Cc3ccc(Br)cc3)[C@H]2c2c[nH]c3cc(Cl)ccc23)cc1. The number of carbonyl (C=O) groups is 3. The number of fused-ring (bicyclic) bond motifs is 1. The number of nitrogens with one attached hydrogen (secondary N) is 1. The van der Waals surface area contributed by atoms with E-state index in [4.69, 9.17) is 11.6 Å². The quantitative estimate of drug-likeness (QED) is 0.266. The molecule has 0 saturated carbocycles. The molecule has 0 unspecified atom stereocenters. The van der Waals surface area contributed by atoms with Crippen LogP contribution >= 0.6 is 39.3 Å². The van der Waals surface area contributed by atoms with E-state index in [1.54, 1.807) is 16.8 Å². The molecule has 2 saturated heterocycles. The zero-order valence-corrected chi connectivity index (χ0v) is 26.4. The predicted octanol–water partition coefficient (Wildman–Crippen LogP) is 6.20. The van der Waals surface area contributed by atoms with Crippen LogP contribution in [0.5, 0.6) is 0 Å². The standard InChI is InChI=1S/C32H30BrClN4O3S/c1-20-3-10-24(11-4-20)42-32(31(41)37-14-13-36(2)29(40)19-37)16-28(39)38(18-21-5-7-22(33)8-6-21)30(32)26-17-35-27-15-23(34)9-12-25(26)27/h3-12,15,17,30,35H,13-14,16,18-19H2,1-2H3/t30-,32-/m0/s1. The van der Waals surface area contributed by atoms with Crippen LogP contribution in [0.25, 0.3) is 10.9 Å². The normalized spacial score (nSPS) is 21.0.